The van der Waals surface area contributed by atoms with Crippen molar-refractivity contribution in [3.8, 4) is 11.5 Å². The molecule has 1 fully saturated rings. The summed E-state index contributed by atoms with van der Waals surface area (Å²) in [5, 5.41) is 3.24. The summed E-state index contributed by atoms with van der Waals surface area (Å²) in [4.78, 5) is 0. The normalized spacial score (nSPS) is 23.6. The zero-order valence-electron chi connectivity index (χ0n) is 9.90. The van der Waals surface area contributed by atoms with Gasteiger partial charge in [0.15, 0.2) is 0 Å². The minimum atomic E-state index is 0.371. The van der Waals surface area contributed by atoms with Crippen molar-refractivity contribution in [3.05, 3.63) is 24.3 Å². The molecule has 88 valence electrons. The van der Waals surface area contributed by atoms with Gasteiger partial charge >= 0.3 is 0 Å². The van der Waals surface area contributed by atoms with Crippen molar-refractivity contribution in [1.29, 1.82) is 0 Å². The first-order chi connectivity index (χ1) is 7.81. The van der Waals surface area contributed by atoms with E-state index in [0.29, 0.717) is 18.8 Å². The molecule has 1 saturated carbocycles. The number of nitrogens with one attached hydrogen (secondary N) is 1. The van der Waals surface area contributed by atoms with Crippen LogP contribution < -0.4 is 14.8 Å². The summed E-state index contributed by atoms with van der Waals surface area (Å²) < 4.78 is 11.2. The summed E-state index contributed by atoms with van der Waals surface area (Å²) in [5.41, 5.74) is 0. The molecule has 0 saturated heterocycles. The van der Waals surface area contributed by atoms with E-state index in [9.17, 15) is 0 Å². The Kier molecular flexibility index (Phi) is 3.67. The Morgan fingerprint density at radius 2 is 1.81 bits per heavy atom. The van der Waals surface area contributed by atoms with Crippen LogP contribution in [0.25, 0.3) is 0 Å². The quantitative estimate of drug-likeness (QED) is 0.827. The molecule has 0 spiro atoms. The zero-order chi connectivity index (χ0) is 11.4. The molecule has 0 unspecified atom stereocenters. The molecular weight excluding hydrogens is 202 g/mol. The standard InChI is InChI=1S/C13H19NO2/c1-3-15-11-4-6-12(7-5-11)16-13-8-10(9-13)14-2/h4-7,10,13-14H,3,8-9H2,1-2H3. The van der Waals surface area contributed by atoms with Crippen LogP contribution in [0.2, 0.25) is 0 Å². The van der Waals surface area contributed by atoms with Crippen molar-refractivity contribution < 1.29 is 9.47 Å². The Hall–Kier alpha value is -1.22. The lowest BCUT2D eigenvalue weighted by Crippen LogP contribution is -2.45. The number of benzene rings is 1. The van der Waals surface area contributed by atoms with E-state index in [0.717, 1.165) is 24.3 Å². The fraction of sp³-hybridized carbons (Fsp3) is 0.538. The summed E-state index contributed by atoms with van der Waals surface area (Å²) in [6.07, 6.45) is 2.57. The van der Waals surface area contributed by atoms with E-state index < -0.39 is 0 Å². The predicted octanol–water partition coefficient (Wildman–Crippen LogP) is 2.21. The zero-order valence-corrected chi connectivity index (χ0v) is 9.90. The first-order valence-corrected chi connectivity index (χ1v) is 5.88. The second-order valence-corrected chi connectivity index (χ2v) is 4.10. The van der Waals surface area contributed by atoms with Gasteiger partial charge in [-0.25, -0.2) is 0 Å². The molecule has 1 aliphatic rings. The summed E-state index contributed by atoms with van der Waals surface area (Å²) in [6, 6.07) is 8.47. The van der Waals surface area contributed by atoms with E-state index in [-0.39, 0.29) is 0 Å². The van der Waals surface area contributed by atoms with Gasteiger partial charge in [-0.3, -0.25) is 0 Å². The van der Waals surface area contributed by atoms with E-state index in [1.807, 2.05) is 38.2 Å². The highest BCUT2D eigenvalue weighted by atomic mass is 16.5. The molecule has 0 bridgehead atoms. The van der Waals surface area contributed by atoms with Gasteiger partial charge in [0.1, 0.15) is 17.6 Å². The van der Waals surface area contributed by atoms with Gasteiger partial charge in [0.05, 0.1) is 6.61 Å². The second kappa shape index (κ2) is 5.21. The Morgan fingerprint density at radius 1 is 1.19 bits per heavy atom. The van der Waals surface area contributed by atoms with E-state index in [1.54, 1.807) is 0 Å². The van der Waals surface area contributed by atoms with Crippen molar-refractivity contribution >= 4 is 0 Å². The monoisotopic (exact) mass is 221 g/mol. The van der Waals surface area contributed by atoms with Gasteiger partial charge in [0.25, 0.3) is 0 Å². The topological polar surface area (TPSA) is 30.5 Å². The molecule has 0 heterocycles. The van der Waals surface area contributed by atoms with Crippen LogP contribution in [0, 0.1) is 0 Å². The van der Waals surface area contributed by atoms with Gasteiger partial charge < -0.3 is 14.8 Å². The summed E-state index contributed by atoms with van der Waals surface area (Å²) in [6.45, 7) is 2.68. The van der Waals surface area contributed by atoms with Crippen molar-refractivity contribution in [2.45, 2.75) is 31.9 Å². The highest BCUT2D eigenvalue weighted by Gasteiger charge is 2.29. The lowest BCUT2D eigenvalue weighted by Gasteiger charge is -2.35. The number of hydrogen-bond donors (Lipinski definition) is 1. The molecule has 1 aromatic rings. The van der Waals surface area contributed by atoms with Crippen molar-refractivity contribution in [2.24, 2.45) is 0 Å². The molecule has 1 N–H and O–H groups in total. The Bertz CT molecular complexity index is 317. The molecule has 1 aromatic carbocycles. The smallest absolute Gasteiger partial charge is 0.119 e. The molecule has 3 heteroatoms. The third-order valence-corrected chi connectivity index (χ3v) is 2.94. The molecule has 16 heavy (non-hydrogen) atoms. The first-order valence-electron chi connectivity index (χ1n) is 5.88. The molecule has 2 rings (SSSR count). The van der Waals surface area contributed by atoms with Gasteiger partial charge in [-0.15, -0.1) is 0 Å². The lowest BCUT2D eigenvalue weighted by atomic mass is 9.89. The van der Waals surface area contributed by atoms with Crippen LogP contribution in [0.1, 0.15) is 19.8 Å². The predicted molar refractivity (Wildman–Crippen MR) is 64.1 cm³/mol. The van der Waals surface area contributed by atoms with Crippen molar-refractivity contribution in [1.82, 2.24) is 5.32 Å². The van der Waals surface area contributed by atoms with Gasteiger partial charge in [0.2, 0.25) is 0 Å². The van der Waals surface area contributed by atoms with Crippen LogP contribution in [0.15, 0.2) is 24.3 Å². The number of ether oxygens (including phenoxy) is 2. The summed E-state index contributed by atoms with van der Waals surface area (Å²) >= 11 is 0. The minimum absolute atomic E-state index is 0.371. The van der Waals surface area contributed by atoms with Crippen LogP contribution in [0.3, 0.4) is 0 Å². The molecule has 0 atom stereocenters. The van der Waals surface area contributed by atoms with Crippen LogP contribution in [-0.4, -0.2) is 25.8 Å². The Labute approximate surface area is 96.8 Å². The number of rotatable bonds is 5. The fourth-order valence-electron chi connectivity index (χ4n) is 1.87. The fourth-order valence-corrected chi connectivity index (χ4v) is 1.87. The largest absolute Gasteiger partial charge is 0.494 e. The summed E-state index contributed by atoms with van der Waals surface area (Å²) in [7, 11) is 2.00. The maximum Gasteiger partial charge on any atom is 0.119 e. The maximum atomic E-state index is 5.82. The van der Waals surface area contributed by atoms with Crippen LogP contribution in [0.5, 0.6) is 11.5 Å². The number of hydrogen-bond acceptors (Lipinski definition) is 3. The molecule has 1 aliphatic carbocycles. The van der Waals surface area contributed by atoms with Crippen LogP contribution in [-0.2, 0) is 0 Å². The highest BCUT2D eigenvalue weighted by molar-refractivity contribution is 5.31. The third kappa shape index (κ3) is 2.67. The lowest BCUT2D eigenvalue weighted by molar-refractivity contribution is 0.0884. The van der Waals surface area contributed by atoms with E-state index in [2.05, 4.69) is 5.32 Å². The minimum Gasteiger partial charge on any atom is -0.494 e. The van der Waals surface area contributed by atoms with Gasteiger partial charge in [-0.05, 0) is 51.1 Å². The Morgan fingerprint density at radius 3 is 2.38 bits per heavy atom. The van der Waals surface area contributed by atoms with Gasteiger partial charge in [-0.2, -0.15) is 0 Å². The van der Waals surface area contributed by atoms with Gasteiger partial charge in [-0.1, -0.05) is 0 Å². The van der Waals surface area contributed by atoms with Gasteiger partial charge in [0, 0.05) is 6.04 Å². The molecule has 0 amide bonds. The summed E-state index contributed by atoms with van der Waals surface area (Å²) in [5.74, 6) is 1.83. The van der Waals surface area contributed by atoms with Crippen molar-refractivity contribution in [3.63, 3.8) is 0 Å². The SMILES string of the molecule is CCOc1ccc(OC2CC(NC)C2)cc1. The van der Waals surface area contributed by atoms with Crippen molar-refractivity contribution in [2.75, 3.05) is 13.7 Å². The first kappa shape index (κ1) is 11.3. The van der Waals surface area contributed by atoms with E-state index >= 15 is 0 Å². The third-order valence-electron chi connectivity index (χ3n) is 2.94. The highest BCUT2D eigenvalue weighted by Crippen LogP contribution is 2.26. The molecule has 0 aliphatic heterocycles. The maximum absolute atomic E-state index is 5.82. The van der Waals surface area contributed by atoms with E-state index in [1.165, 1.54) is 0 Å². The average molecular weight is 221 g/mol. The molecular formula is C13H19NO2. The van der Waals surface area contributed by atoms with E-state index in [4.69, 9.17) is 9.47 Å². The Balaban J connectivity index is 1.82. The second-order valence-electron chi connectivity index (χ2n) is 4.10. The molecule has 0 radical (unpaired) electrons. The molecule has 3 nitrogen and oxygen atoms in total. The average Bonchev–Trinajstić information content (AvgIpc) is 2.25. The van der Waals surface area contributed by atoms with Crippen LogP contribution >= 0.6 is 0 Å². The molecule has 0 aromatic heterocycles. The van der Waals surface area contributed by atoms with Crippen LogP contribution in [0.4, 0.5) is 0 Å².